The van der Waals surface area contributed by atoms with Gasteiger partial charge in [-0.1, -0.05) is 38.3 Å². The topological polar surface area (TPSA) is 67.9 Å². The van der Waals surface area contributed by atoms with Crippen molar-refractivity contribution in [2.24, 2.45) is 5.92 Å². The molecule has 5 heteroatoms. The van der Waals surface area contributed by atoms with Crippen molar-refractivity contribution in [2.75, 3.05) is 7.11 Å². The lowest BCUT2D eigenvalue weighted by Crippen LogP contribution is -2.33. The van der Waals surface area contributed by atoms with Gasteiger partial charge in [0.15, 0.2) is 0 Å². The third-order valence-electron chi connectivity index (χ3n) is 7.18. The molecular weight excluding hydrogens is 362 g/mol. The lowest BCUT2D eigenvalue weighted by molar-refractivity contribution is -0.146. The van der Waals surface area contributed by atoms with Crippen LogP contribution in [0.3, 0.4) is 0 Å². The van der Waals surface area contributed by atoms with Gasteiger partial charge in [-0.25, -0.2) is 0 Å². The maximum Gasteiger partial charge on any atom is 0.308 e. The van der Waals surface area contributed by atoms with Gasteiger partial charge in [-0.3, -0.25) is 9.48 Å². The van der Waals surface area contributed by atoms with E-state index in [4.69, 9.17) is 9.84 Å². The van der Waals surface area contributed by atoms with Gasteiger partial charge in [-0.2, -0.15) is 10.4 Å². The lowest BCUT2D eigenvalue weighted by atomic mass is 9.67. The molecule has 4 rings (SSSR count). The molecule has 0 amide bonds. The molecule has 1 aromatic heterocycles. The number of nitriles is 1. The van der Waals surface area contributed by atoms with Gasteiger partial charge in [0.25, 0.3) is 0 Å². The summed E-state index contributed by atoms with van der Waals surface area (Å²) in [5, 5.41) is 16.3. The highest BCUT2D eigenvalue weighted by molar-refractivity contribution is 5.83. The van der Waals surface area contributed by atoms with Crippen molar-refractivity contribution < 1.29 is 9.53 Å². The van der Waals surface area contributed by atoms with E-state index >= 15 is 0 Å². The Hall–Kier alpha value is -2.35. The van der Waals surface area contributed by atoms with Crippen LogP contribution in [0.4, 0.5) is 0 Å². The average Bonchev–Trinajstić information content (AvgIpc) is 3.17. The molecule has 1 heterocycles. The van der Waals surface area contributed by atoms with E-state index in [-0.39, 0.29) is 11.9 Å². The molecule has 0 saturated heterocycles. The molecule has 5 nitrogen and oxygen atoms in total. The Morgan fingerprint density at radius 2 is 1.97 bits per heavy atom. The number of fused-ring (bicyclic) bond motifs is 1. The normalized spacial score (nSPS) is 25.6. The zero-order chi connectivity index (χ0) is 20.4. The number of rotatable bonds is 4. The van der Waals surface area contributed by atoms with Crippen LogP contribution >= 0.6 is 0 Å². The summed E-state index contributed by atoms with van der Waals surface area (Å²) in [7, 11) is 1.44. The van der Waals surface area contributed by atoms with Crippen LogP contribution in [0.1, 0.15) is 82.0 Å². The van der Waals surface area contributed by atoms with E-state index in [9.17, 15) is 10.1 Å². The fraction of sp³-hybridized carbons (Fsp3) is 0.625. The van der Waals surface area contributed by atoms with Gasteiger partial charge in [0.2, 0.25) is 0 Å². The zero-order valence-electron chi connectivity index (χ0n) is 17.6. The van der Waals surface area contributed by atoms with Gasteiger partial charge in [0, 0.05) is 5.39 Å². The van der Waals surface area contributed by atoms with Crippen LogP contribution in [0.25, 0.3) is 10.9 Å². The molecule has 0 bridgehead atoms. The van der Waals surface area contributed by atoms with Crippen LogP contribution in [0, 0.1) is 17.2 Å². The van der Waals surface area contributed by atoms with Crippen LogP contribution in [0.5, 0.6) is 0 Å². The SMILES string of the molecule is CCc1nn(C2CCCCC2)c2cc([C@]3(C#N)CC[C@@H](C(=O)OC)CC3)ccc12. The number of carbonyl (C=O) groups is 1. The van der Waals surface area contributed by atoms with Crippen molar-refractivity contribution in [2.45, 2.75) is 82.6 Å². The monoisotopic (exact) mass is 393 g/mol. The number of ether oxygens (including phenoxy) is 1. The van der Waals surface area contributed by atoms with E-state index in [1.165, 1.54) is 50.1 Å². The molecule has 2 aliphatic carbocycles. The molecule has 0 spiro atoms. The van der Waals surface area contributed by atoms with Crippen LogP contribution in [0.2, 0.25) is 0 Å². The first-order chi connectivity index (χ1) is 14.1. The Balaban J connectivity index is 1.70. The second kappa shape index (κ2) is 8.18. The first kappa shape index (κ1) is 19.9. The zero-order valence-corrected chi connectivity index (χ0v) is 17.6. The second-order valence-electron chi connectivity index (χ2n) is 8.76. The van der Waals surface area contributed by atoms with Crippen molar-refractivity contribution >= 4 is 16.9 Å². The van der Waals surface area contributed by atoms with Crippen LogP contribution < -0.4 is 0 Å². The Kier molecular flexibility index (Phi) is 5.63. The Morgan fingerprint density at radius 3 is 2.59 bits per heavy atom. The second-order valence-corrected chi connectivity index (χ2v) is 8.76. The van der Waals surface area contributed by atoms with E-state index in [0.717, 1.165) is 17.7 Å². The number of nitrogens with zero attached hydrogens (tertiary/aromatic N) is 3. The van der Waals surface area contributed by atoms with Gasteiger partial charge in [-0.15, -0.1) is 0 Å². The van der Waals surface area contributed by atoms with Crippen molar-refractivity contribution in [3.63, 3.8) is 0 Å². The largest absolute Gasteiger partial charge is 0.469 e. The first-order valence-corrected chi connectivity index (χ1v) is 11.1. The molecule has 0 radical (unpaired) electrons. The summed E-state index contributed by atoms with van der Waals surface area (Å²) in [5.74, 6) is -0.223. The molecule has 2 aromatic rings. The minimum Gasteiger partial charge on any atom is -0.469 e. The highest BCUT2D eigenvalue weighted by Crippen LogP contribution is 2.43. The number of hydrogen-bond donors (Lipinski definition) is 0. The number of methoxy groups -OCH3 is 1. The smallest absolute Gasteiger partial charge is 0.308 e. The quantitative estimate of drug-likeness (QED) is 0.667. The third-order valence-corrected chi connectivity index (χ3v) is 7.18. The Labute approximate surface area is 173 Å². The minimum absolute atomic E-state index is 0.0790. The number of aryl methyl sites for hydroxylation is 1. The van der Waals surface area contributed by atoms with Gasteiger partial charge >= 0.3 is 5.97 Å². The number of benzene rings is 1. The first-order valence-electron chi connectivity index (χ1n) is 11.1. The van der Waals surface area contributed by atoms with Crippen molar-refractivity contribution in [1.82, 2.24) is 9.78 Å². The van der Waals surface area contributed by atoms with E-state index in [0.29, 0.717) is 31.7 Å². The molecule has 2 saturated carbocycles. The molecule has 0 N–H and O–H groups in total. The molecular formula is C24H31N3O2. The summed E-state index contributed by atoms with van der Waals surface area (Å²) in [4.78, 5) is 11.9. The van der Waals surface area contributed by atoms with E-state index < -0.39 is 5.41 Å². The third kappa shape index (κ3) is 3.54. The minimum atomic E-state index is -0.521. The molecule has 154 valence electrons. The van der Waals surface area contributed by atoms with Gasteiger partial charge < -0.3 is 4.74 Å². The molecule has 0 atom stereocenters. The molecule has 29 heavy (non-hydrogen) atoms. The predicted molar refractivity (Wildman–Crippen MR) is 112 cm³/mol. The van der Waals surface area contributed by atoms with Crippen LogP contribution in [-0.2, 0) is 21.4 Å². The van der Waals surface area contributed by atoms with Crippen molar-refractivity contribution in [3.05, 3.63) is 29.5 Å². The molecule has 0 aliphatic heterocycles. The Bertz CT molecular complexity index is 925. The lowest BCUT2D eigenvalue weighted by Gasteiger charge is -2.34. The molecule has 2 aliphatic rings. The number of carbonyl (C=O) groups excluding carboxylic acids is 1. The molecule has 1 aromatic carbocycles. The number of esters is 1. The van der Waals surface area contributed by atoms with E-state index in [1.54, 1.807) is 0 Å². The maximum absolute atomic E-state index is 11.9. The van der Waals surface area contributed by atoms with Crippen molar-refractivity contribution in [3.8, 4) is 6.07 Å². The molecule has 2 fully saturated rings. The van der Waals surface area contributed by atoms with Crippen molar-refractivity contribution in [1.29, 1.82) is 5.26 Å². The summed E-state index contributed by atoms with van der Waals surface area (Å²) in [6.07, 6.45) is 9.97. The fourth-order valence-electron chi connectivity index (χ4n) is 5.34. The van der Waals surface area contributed by atoms with Gasteiger partial charge in [0.05, 0.1) is 41.8 Å². The van der Waals surface area contributed by atoms with E-state index in [1.807, 2.05) is 0 Å². The highest BCUT2D eigenvalue weighted by atomic mass is 16.5. The Morgan fingerprint density at radius 1 is 1.24 bits per heavy atom. The highest BCUT2D eigenvalue weighted by Gasteiger charge is 2.40. The van der Waals surface area contributed by atoms with E-state index in [2.05, 4.69) is 35.9 Å². The van der Waals surface area contributed by atoms with Crippen LogP contribution in [-0.4, -0.2) is 22.9 Å². The summed E-state index contributed by atoms with van der Waals surface area (Å²) >= 11 is 0. The van der Waals surface area contributed by atoms with Gasteiger partial charge in [-0.05, 0) is 56.6 Å². The summed E-state index contributed by atoms with van der Waals surface area (Å²) in [6.45, 7) is 2.16. The predicted octanol–water partition coefficient (Wildman–Crippen LogP) is 5.23. The summed E-state index contributed by atoms with van der Waals surface area (Å²) < 4.78 is 7.17. The average molecular weight is 394 g/mol. The standard InChI is InChI=1S/C24H31N3O2/c1-3-21-20-10-9-18(15-22(20)27(26-21)19-7-5-4-6-8-19)24(16-25)13-11-17(12-14-24)23(28)29-2/h9-10,15,17,19H,3-8,11-14H2,1-2H3/t17-,24-. The summed E-state index contributed by atoms with van der Waals surface area (Å²) in [5.41, 5.74) is 2.89. The number of hydrogen-bond acceptors (Lipinski definition) is 4. The van der Waals surface area contributed by atoms with Crippen LogP contribution in [0.15, 0.2) is 18.2 Å². The maximum atomic E-state index is 11.9. The van der Waals surface area contributed by atoms with Gasteiger partial charge in [0.1, 0.15) is 0 Å². The fourth-order valence-corrected chi connectivity index (χ4v) is 5.34. The number of aromatic nitrogens is 2. The summed E-state index contributed by atoms with van der Waals surface area (Å²) in [6, 6.07) is 9.59. The molecule has 0 unspecified atom stereocenters.